The number of carbonyl (C=O) groups excluding carboxylic acids is 1. The van der Waals surface area contributed by atoms with Gasteiger partial charge in [-0.05, 0) is 26.3 Å². The van der Waals surface area contributed by atoms with Crippen LogP contribution in [0.15, 0.2) is 24.5 Å². The molecule has 2 aromatic heterocycles. The molecule has 0 aliphatic carbocycles. The average molecular weight is 388 g/mol. The Morgan fingerprint density at radius 1 is 1.36 bits per heavy atom. The Kier molecular flexibility index (Phi) is 6.35. The molecule has 28 heavy (non-hydrogen) atoms. The van der Waals surface area contributed by atoms with Gasteiger partial charge in [-0.3, -0.25) is 4.79 Å². The number of hydrogen-bond acceptors (Lipinski definition) is 8. The first-order valence-corrected chi connectivity index (χ1v) is 9.23. The van der Waals surface area contributed by atoms with Crippen molar-refractivity contribution in [3.63, 3.8) is 0 Å². The minimum Gasteiger partial charge on any atom is -0.382 e. The number of nitrogens with one attached hydrogen (secondary N) is 2. The average Bonchev–Trinajstić information content (AvgIpc) is 2.68. The van der Waals surface area contributed by atoms with Gasteiger partial charge in [-0.1, -0.05) is 0 Å². The van der Waals surface area contributed by atoms with Gasteiger partial charge in [0.25, 0.3) is 0 Å². The maximum atomic E-state index is 14.2. The van der Waals surface area contributed by atoms with Gasteiger partial charge in [-0.15, -0.1) is 0 Å². The van der Waals surface area contributed by atoms with Gasteiger partial charge in [0.1, 0.15) is 17.8 Å². The topological polar surface area (TPSA) is 92.3 Å². The minimum atomic E-state index is -1.08. The predicted octanol–water partition coefficient (Wildman–Crippen LogP) is 2.81. The normalized spacial score (nSPS) is 19.5. The SMILES string of the molecule is CO[C@H]1CCN(c2nccc(Nc3cc(NC(C)C)c(C=O)cn3)n2)C[C@H]1F. The van der Waals surface area contributed by atoms with Gasteiger partial charge in [-0.25, -0.2) is 14.4 Å². The number of hydrogen-bond donors (Lipinski definition) is 2. The van der Waals surface area contributed by atoms with Crippen LogP contribution < -0.4 is 15.5 Å². The highest BCUT2D eigenvalue weighted by molar-refractivity contribution is 5.85. The first kappa shape index (κ1) is 19.9. The Bertz CT molecular complexity index is 819. The molecule has 1 fully saturated rings. The maximum Gasteiger partial charge on any atom is 0.227 e. The van der Waals surface area contributed by atoms with Gasteiger partial charge in [0.15, 0.2) is 6.29 Å². The number of rotatable bonds is 7. The van der Waals surface area contributed by atoms with E-state index in [-0.39, 0.29) is 18.7 Å². The zero-order valence-corrected chi connectivity index (χ0v) is 16.2. The lowest BCUT2D eigenvalue weighted by atomic mass is 10.1. The highest BCUT2D eigenvalue weighted by Gasteiger charge is 2.30. The summed E-state index contributed by atoms with van der Waals surface area (Å²) < 4.78 is 19.3. The summed E-state index contributed by atoms with van der Waals surface area (Å²) in [6.07, 6.45) is 3.00. The standard InChI is InChI=1S/C19H25FN6O2/c1-12(2)23-15-8-18(22-9-13(15)11-27)24-17-4-6-21-19(25-17)26-7-5-16(28-3)14(20)10-26/h4,6,8-9,11-12,14,16H,5,7,10H2,1-3H3,(H2,21,22,23,24,25)/t14-,16+/m1/s1. The van der Waals surface area contributed by atoms with Crippen LogP contribution in [0.2, 0.25) is 0 Å². The summed E-state index contributed by atoms with van der Waals surface area (Å²) >= 11 is 0. The zero-order chi connectivity index (χ0) is 20.1. The van der Waals surface area contributed by atoms with E-state index in [1.54, 1.807) is 23.2 Å². The number of halogens is 1. The summed E-state index contributed by atoms with van der Waals surface area (Å²) in [6.45, 7) is 4.79. The molecule has 2 aromatic rings. The maximum absolute atomic E-state index is 14.2. The number of methoxy groups -OCH3 is 1. The molecule has 150 valence electrons. The zero-order valence-electron chi connectivity index (χ0n) is 16.2. The number of nitrogens with zero attached hydrogens (tertiary/aromatic N) is 4. The monoisotopic (exact) mass is 388 g/mol. The molecule has 0 saturated carbocycles. The van der Waals surface area contributed by atoms with Crippen molar-refractivity contribution < 1.29 is 13.9 Å². The first-order valence-electron chi connectivity index (χ1n) is 9.23. The summed E-state index contributed by atoms with van der Waals surface area (Å²) in [7, 11) is 1.53. The first-order chi connectivity index (χ1) is 13.5. The summed E-state index contributed by atoms with van der Waals surface area (Å²) in [5.74, 6) is 1.53. The fraction of sp³-hybridized carbons (Fsp3) is 0.474. The number of carbonyl (C=O) groups is 1. The Balaban J connectivity index is 1.75. The molecular weight excluding hydrogens is 363 g/mol. The van der Waals surface area contributed by atoms with Gasteiger partial charge >= 0.3 is 0 Å². The van der Waals surface area contributed by atoms with E-state index in [1.807, 2.05) is 13.8 Å². The fourth-order valence-corrected chi connectivity index (χ4v) is 3.10. The fourth-order valence-electron chi connectivity index (χ4n) is 3.10. The Morgan fingerprint density at radius 2 is 2.18 bits per heavy atom. The van der Waals surface area contributed by atoms with Crippen molar-refractivity contribution in [2.75, 3.05) is 35.7 Å². The largest absolute Gasteiger partial charge is 0.382 e. The van der Waals surface area contributed by atoms with Crippen molar-refractivity contribution in [1.82, 2.24) is 15.0 Å². The molecular formula is C19H25FN6O2. The molecule has 0 bridgehead atoms. The number of anilines is 4. The van der Waals surface area contributed by atoms with Crippen molar-refractivity contribution in [2.24, 2.45) is 0 Å². The lowest BCUT2D eigenvalue weighted by molar-refractivity contribution is 0.0194. The van der Waals surface area contributed by atoms with Crippen LogP contribution in [0.1, 0.15) is 30.6 Å². The lowest BCUT2D eigenvalue weighted by Gasteiger charge is -2.33. The third-order valence-corrected chi connectivity index (χ3v) is 4.47. The summed E-state index contributed by atoms with van der Waals surface area (Å²) in [6, 6.07) is 3.64. The van der Waals surface area contributed by atoms with E-state index >= 15 is 0 Å². The summed E-state index contributed by atoms with van der Waals surface area (Å²) in [5, 5.41) is 6.34. The van der Waals surface area contributed by atoms with Crippen LogP contribution in [0.3, 0.4) is 0 Å². The Hall–Kier alpha value is -2.81. The van der Waals surface area contributed by atoms with Gasteiger partial charge in [0.2, 0.25) is 5.95 Å². The van der Waals surface area contributed by atoms with Crippen molar-refractivity contribution in [2.45, 2.75) is 38.6 Å². The second-order valence-electron chi connectivity index (χ2n) is 6.97. The van der Waals surface area contributed by atoms with Crippen LogP contribution in [0.4, 0.5) is 27.7 Å². The molecule has 2 atom stereocenters. The van der Waals surface area contributed by atoms with E-state index < -0.39 is 6.17 Å². The van der Waals surface area contributed by atoms with Crippen LogP contribution >= 0.6 is 0 Å². The summed E-state index contributed by atoms with van der Waals surface area (Å²) in [4.78, 5) is 26.0. The van der Waals surface area contributed by atoms with Gasteiger partial charge < -0.3 is 20.3 Å². The summed E-state index contributed by atoms with van der Waals surface area (Å²) in [5.41, 5.74) is 1.18. The molecule has 0 aromatic carbocycles. The van der Waals surface area contributed by atoms with E-state index in [0.717, 1.165) is 6.29 Å². The second kappa shape index (κ2) is 8.92. The Morgan fingerprint density at radius 3 is 2.86 bits per heavy atom. The molecule has 1 aliphatic heterocycles. The minimum absolute atomic E-state index is 0.170. The van der Waals surface area contributed by atoms with E-state index in [2.05, 4.69) is 25.6 Å². The third kappa shape index (κ3) is 4.72. The second-order valence-corrected chi connectivity index (χ2v) is 6.97. The highest BCUT2D eigenvalue weighted by atomic mass is 19.1. The molecule has 3 rings (SSSR count). The van der Waals surface area contributed by atoms with Crippen LogP contribution in [-0.2, 0) is 4.74 Å². The van der Waals surface area contributed by atoms with Gasteiger partial charge in [0.05, 0.1) is 23.9 Å². The van der Waals surface area contributed by atoms with Crippen LogP contribution in [-0.4, -0.2) is 59.8 Å². The van der Waals surface area contributed by atoms with Gasteiger partial charge in [-0.2, -0.15) is 4.98 Å². The number of aldehydes is 1. The third-order valence-electron chi connectivity index (χ3n) is 4.47. The van der Waals surface area contributed by atoms with Crippen LogP contribution in [0.5, 0.6) is 0 Å². The van der Waals surface area contributed by atoms with Crippen molar-refractivity contribution in [3.05, 3.63) is 30.1 Å². The van der Waals surface area contributed by atoms with E-state index in [0.29, 0.717) is 41.8 Å². The Labute approximate surface area is 163 Å². The molecule has 0 spiro atoms. The smallest absolute Gasteiger partial charge is 0.227 e. The van der Waals surface area contributed by atoms with Gasteiger partial charge in [0, 0.05) is 38.2 Å². The number of piperidine rings is 1. The highest BCUT2D eigenvalue weighted by Crippen LogP contribution is 2.23. The quantitative estimate of drug-likeness (QED) is 0.700. The molecule has 9 heteroatoms. The van der Waals surface area contributed by atoms with E-state index in [1.165, 1.54) is 13.3 Å². The van der Waals surface area contributed by atoms with Crippen molar-refractivity contribution >= 4 is 29.6 Å². The van der Waals surface area contributed by atoms with Crippen molar-refractivity contribution in [3.8, 4) is 0 Å². The van der Waals surface area contributed by atoms with Crippen LogP contribution in [0, 0.1) is 0 Å². The number of aromatic nitrogens is 3. The molecule has 0 amide bonds. The van der Waals surface area contributed by atoms with Crippen molar-refractivity contribution in [1.29, 1.82) is 0 Å². The molecule has 3 heterocycles. The molecule has 0 radical (unpaired) electrons. The number of ether oxygens (including phenoxy) is 1. The molecule has 0 unspecified atom stereocenters. The van der Waals surface area contributed by atoms with E-state index in [4.69, 9.17) is 4.74 Å². The number of alkyl halides is 1. The number of pyridine rings is 1. The van der Waals surface area contributed by atoms with E-state index in [9.17, 15) is 9.18 Å². The lowest BCUT2D eigenvalue weighted by Crippen LogP contribution is -2.46. The van der Waals surface area contributed by atoms with Crippen LogP contribution in [0.25, 0.3) is 0 Å². The molecule has 1 saturated heterocycles. The molecule has 8 nitrogen and oxygen atoms in total. The predicted molar refractivity (Wildman–Crippen MR) is 106 cm³/mol. The molecule has 1 aliphatic rings. The molecule has 2 N–H and O–H groups in total.